The van der Waals surface area contributed by atoms with E-state index in [2.05, 4.69) is 0 Å². The third-order valence-corrected chi connectivity index (χ3v) is 7.20. The van der Waals surface area contributed by atoms with Crippen LogP contribution in [0, 0.1) is 0 Å². The van der Waals surface area contributed by atoms with Crippen molar-refractivity contribution in [2.24, 2.45) is 0 Å². The highest BCUT2D eigenvalue weighted by Gasteiger charge is 2.36. The third kappa shape index (κ3) is 5.48. The fourth-order valence-electron chi connectivity index (χ4n) is 3.68. The zero-order valence-corrected chi connectivity index (χ0v) is 23.2. The van der Waals surface area contributed by atoms with Gasteiger partial charge in [0.2, 0.25) is 0 Å². The number of benzene rings is 3. The summed E-state index contributed by atoms with van der Waals surface area (Å²) in [5.74, 6) is 1.36. The van der Waals surface area contributed by atoms with Gasteiger partial charge in [0.15, 0.2) is 0 Å². The Bertz CT molecular complexity index is 1040. The first-order chi connectivity index (χ1) is 16.3. The molecule has 0 fully saturated rings. The molecule has 0 heterocycles. The molecule has 0 bridgehead atoms. The molecule has 0 saturated heterocycles. The topological polar surface area (TPSA) is 27.7 Å². The van der Waals surface area contributed by atoms with E-state index in [1.165, 1.54) is 0 Å². The van der Waals surface area contributed by atoms with Gasteiger partial charge in [0.1, 0.15) is 17.2 Å². The fourth-order valence-corrected chi connectivity index (χ4v) is 5.61. The van der Waals surface area contributed by atoms with Gasteiger partial charge in [-0.1, -0.05) is 69.6 Å². The lowest BCUT2D eigenvalue weighted by atomic mass is 9.36. The molecule has 34 heavy (non-hydrogen) atoms. The van der Waals surface area contributed by atoms with Crippen LogP contribution in [0.15, 0.2) is 36.4 Å². The van der Waals surface area contributed by atoms with Crippen molar-refractivity contribution >= 4 is 92.7 Å². The summed E-state index contributed by atoms with van der Waals surface area (Å²) in [6.45, 7) is 6.06. The van der Waals surface area contributed by atoms with Crippen LogP contribution >= 0.6 is 69.6 Å². The second-order valence-corrected chi connectivity index (χ2v) is 9.41. The maximum atomic E-state index is 6.85. The smallest absolute Gasteiger partial charge is 0.253 e. The summed E-state index contributed by atoms with van der Waals surface area (Å²) < 4.78 is 17.2. The van der Waals surface area contributed by atoms with E-state index in [-0.39, 0.29) is 0 Å². The molecule has 3 aromatic carbocycles. The Balaban J connectivity index is 2.46. The van der Waals surface area contributed by atoms with Crippen LogP contribution in [0.2, 0.25) is 30.1 Å². The minimum absolute atomic E-state index is 0.294. The second kappa shape index (κ2) is 12.2. The molecule has 10 heteroatoms. The summed E-state index contributed by atoms with van der Waals surface area (Å²) in [6, 6.07) is 10.2. The van der Waals surface area contributed by atoms with Crippen molar-refractivity contribution in [2.75, 3.05) is 19.8 Å². The minimum atomic E-state index is -0.763. The summed E-state index contributed by atoms with van der Waals surface area (Å²) >= 11 is 40.8. The average molecular weight is 581 g/mol. The number of ether oxygens (including phenoxy) is 3. The molecule has 0 atom stereocenters. The van der Waals surface area contributed by atoms with Crippen molar-refractivity contribution in [3.8, 4) is 17.2 Å². The average Bonchev–Trinajstić information content (AvgIpc) is 2.79. The highest BCUT2D eigenvalue weighted by Crippen LogP contribution is 2.33. The largest absolute Gasteiger partial charge is 0.492 e. The highest BCUT2D eigenvalue weighted by atomic mass is 35.5. The van der Waals surface area contributed by atoms with Gasteiger partial charge in [0.05, 0.1) is 34.9 Å². The SMILES string of the molecule is CCOc1ccc(Cl)c(B(c2c(Cl)ccc(OCC)c2Cl)c2c(Cl)ccc(OCC)c2Cl)c1Cl. The van der Waals surface area contributed by atoms with Crippen LogP contribution in [0.1, 0.15) is 20.8 Å². The van der Waals surface area contributed by atoms with Crippen molar-refractivity contribution in [3.63, 3.8) is 0 Å². The molecular formula is C24H21BCl6O3. The van der Waals surface area contributed by atoms with Gasteiger partial charge in [0.25, 0.3) is 6.71 Å². The van der Waals surface area contributed by atoms with E-state index in [0.717, 1.165) is 0 Å². The number of halogens is 6. The van der Waals surface area contributed by atoms with E-state index in [1.807, 2.05) is 20.8 Å². The van der Waals surface area contributed by atoms with Crippen molar-refractivity contribution in [1.29, 1.82) is 0 Å². The van der Waals surface area contributed by atoms with Crippen LogP contribution in [0.3, 0.4) is 0 Å². The van der Waals surface area contributed by atoms with Crippen LogP contribution in [-0.2, 0) is 0 Å². The lowest BCUT2D eigenvalue weighted by Gasteiger charge is -2.25. The van der Waals surface area contributed by atoms with Gasteiger partial charge in [0, 0.05) is 15.1 Å². The quantitative estimate of drug-likeness (QED) is 0.248. The molecule has 0 unspecified atom stereocenters. The lowest BCUT2D eigenvalue weighted by Crippen LogP contribution is -2.54. The first kappa shape index (κ1) is 27.5. The van der Waals surface area contributed by atoms with Gasteiger partial charge < -0.3 is 14.2 Å². The maximum absolute atomic E-state index is 6.85. The fraction of sp³-hybridized carbons (Fsp3) is 0.250. The van der Waals surface area contributed by atoms with E-state index in [1.54, 1.807) is 36.4 Å². The molecule has 0 radical (unpaired) electrons. The summed E-state index contributed by atoms with van der Waals surface area (Å²) in [5.41, 5.74) is 1.47. The van der Waals surface area contributed by atoms with Crippen molar-refractivity contribution in [1.82, 2.24) is 0 Å². The van der Waals surface area contributed by atoms with Gasteiger partial charge >= 0.3 is 0 Å². The number of hydrogen-bond donors (Lipinski definition) is 0. The normalized spacial score (nSPS) is 10.9. The Labute approximate surface area is 230 Å². The standard InChI is InChI=1S/C24H21BCl6O3/c1-4-32-16-10-7-13(26)19(22(16)29)25(20-14(27)8-11-17(23(20)30)33-5-2)21-15(28)9-12-18(24(21)31)34-6-3/h7-12H,4-6H2,1-3H3. The maximum Gasteiger partial charge on any atom is 0.253 e. The highest BCUT2D eigenvalue weighted by molar-refractivity contribution is 7.01. The van der Waals surface area contributed by atoms with Gasteiger partial charge in [-0.2, -0.15) is 0 Å². The van der Waals surface area contributed by atoms with Gasteiger partial charge in [-0.25, -0.2) is 0 Å². The van der Waals surface area contributed by atoms with Crippen molar-refractivity contribution < 1.29 is 14.2 Å². The Morgan fingerprint density at radius 2 is 0.765 bits per heavy atom. The van der Waals surface area contributed by atoms with E-state index >= 15 is 0 Å². The van der Waals surface area contributed by atoms with Crippen molar-refractivity contribution in [2.45, 2.75) is 20.8 Å². The van der Waals surface area contributed by atoms with Crippen LogP contribution in [0.5, 0.6) is 17.2 Å². The zero-order chi connectivity index (χ0) is 25.0. The summed E-state index contributed by atoms with van der Waals surface area (Å²) in [4.78, 5) is 0. The molecule has 0 N–H and O–H groups in total. The third-order valence-electron chi connectivity index (χ3n) is 5.04. The monoisotopic (exact) mass is 578 g/mol. The summed E-state index contributed by atoms with van der Waals surface area (Å²) in [7, 11) is 0. The zero-order valence-electron chi connectivity index (χ0n) is 18.7. The predicted molar refractivity (Wildman–Crippen MR) is 148 cm³/mol. The first-order valence-corrected chi connectivity index (χ1v) is 12.8. The Kier molecular flexibility index (Phi) is 9.86. The van der Waals surface area contributed by atoms with Crippen molar-refractivity contribution in [3.05, 3.63) is 66.5 Å². The van der Waals surface area contributed by atoms with E-state index in [0.29, 0.717) is 83.6 Å². The van der Waals surface area contributed by atoms with Crippen LogP contribution < -0.4 is 30.6 Å². The number of rotatable bonds is 9. The molecule has 0 aliphatic carbocycles. The minimum Gasteiger partial charge on any atom is -0.492 e. The first-order valence-electron chi connectivity index (χ1n) is 10.6. The lowest BCUT2D eigenvalue weighted by molar-refractivity contribution is 0.340. The molecule has 0 amide bonds. The number of hydrogen-bond acceptors (Lipinski definition) is 3. The van der Waals surface area contributed by atoms with E-state index in [9.17, 15) is 0 Å². The van der Waals surface area contributed by atoms with Crippen LogP contribution in [0.25, 0.3) is 0 Å². The molecular weight excluding hydrogens is 560 g/mol. The molecule has 3 rings (SSSR count). The molecule has 3 nitrogen and oxygen atoms in total. The molecule has 180 valence electrons. The molecule has 0 aromatic heterocycles. The van der Waals surface area contributed by atoms with Gasteiger partial charge in [-0.05, 0) is 73.6 Å². The Morgan fingerprint density at radius 1 is 0.500 bits per heavy atom. The summed E-state index contributed by atoms with van der Waals surface area (Å²) in [5, 5.41) is 1.97. The van der Waals surface area contributed by atoms with Crippen LogP contribution in [0.4, 0.5) is 0 Å². The predicted octanol–water partition coefficient (Wildman–Crippen LogP) is 7.32. The van der Waals surface area contributed by atoms with E-state index < -0.39 is 6.71 Å². The van der Waals surface area contributed by atoms with E-state index in [4.69, 9.17) is 83.8 Å². The van der Waals surface area contributed by atoms with Gasteiger partial charge in [-0.15, -0.1) is 0 Å². The Hall–Kier alpha value is -1.14. The second-order valence-electron chi connectivity index (χ2n) is 7.05. The molecule has 0 aliphatic rings. The Morgan fingerprint density at radius 3 is 1.00 bits per heavy atom. The van der Waals surface area contributed by atoms with Gasteiger partial charge in [-0.3, -0.25) is 0 Å². The molecule has 3 aromatic rings. The summed E-state index contributed by atoms with van der Waals surface area (Å²) in [6.07, 6.45) is 0. The molecule has 0 aliphatic heterocycles. The molecule has 0 spiro atoms. The van der Waals surface area contributed by atoms with Crippen LogP contribution in [-0.4, -0.2) is 26.5 Å². The molecule has 0 saturated carbocycles.